The third kappa shape index (κ3) is 2.05. The van der Waals surface area contributed by atoms with Crippen molar-refractivity contribution in [3.8, 4) is 0 Å². The third-order valence-corrected chi connectivity index (χ3v) is 2.35. The Hall–Kier alpha value is -0.650. The highest BCUT2D eigenvalue weighted by Gasteiger charge is 2.23. The summed E-state index contributed by atoms with van der Waals surface area (Å²) in [5.74, 6) is 0.423. The van der Waals surface area contributed by atoms with Crippen molar-refractivity contribution in [3.63, 3.8) is 0 Å². The van der Waals surface area contributed by atoms with Crippen molar-refractivity contribution >= 4 is 29.2 Å². The minimum atomic E-state index is -0.329. The first kappa shape index (κ1) is 9.89. The van der Waals surface area contributed by atoms with Crippen LogP contribution in [0.15, 0.2) is 0 Å². The molecule has 5 nitrogen and oxygen atoms in total. The minimum Gasteiger partial charge on any atom is -0.391 e. The zero-order valence-corrected chi connectivity index (χ0v) is 8.70. The number of hydrogen-bond acceptors (Lipinski definition) is 5. The van der Waals surface area contributed by atoms with E-state index < -0.39 is 0 Å². The van der Waals surface area contributed by atoms with Crippen molar-refractivity contribution in [1.29, 1.82) is 0 Å². The van der Waals surface area contributed by atoms with Gasteiger partial charge in [0.1, 0.15) is 0 Å². The van der Waals surface area contributed by atoms with E-state index in [0.29, 0.717) is 25.5 Å². The van der Waals surface area contributed by atoms with Crippen molar-refractivity contribution in [2.45, 2.75) is 12.5 Å². The van der Waals surface area contributed by atoms with Gasteiger partial charge >= 0.3 is 0 Å². The van der Waals surface area contributed by atoms with Gasteiger partial charge in [0.15, 0.2) is 0 Å². The fraction of sp³-hybridized carbons (Fsp3) is 0.571. The van der Waals surface area contributed by atoms with E-state index in [9.17, 15) is 5.11 Å². The summed E-state index contributed by atoms with van der Waals surface area (Å²) in [5.41, 5.74) is 0. The van der Waals surface area contributed by atoms with Crippen LogP contribution < -0.4 is 4.90 Å². The number of aromatic nitrogens is 3. The van der Waals surface area contributed by atoms with Crippen molar-refractivity contribution in [3.05, 3.63) is 10.6 Å². The third-order valence-electron chi connectivity index (χ3n) is 2.02. The number of halogens is 2. The molecular weight excluding hydrogens is 227 g/mol. The minimum absolute atomic E-state index is 0.0707. The number of aliphatic hydroxyl groups is 1. The molecule has 1 unspecified atom stereocenters. The van der Waals surface area contributed by atoms with Crippen LogP contribution in [-0.2, 0) is 0 Å². The van der Waals surface area contributed by atoms with E-state index in [1.54, 1.807) is 0 Å². The van der Waals surface area contributed by atoms with Crippen LogP contribution in [0.4, 0.5) is 5.95 Å². The molecule has 0 bridgehead atoms. The van der Waals surface area contributed by atoms with E-state index in [2.05, 4.69) is 15.0 Å². The highest BCUT2D eigenvalue weighted by molar-refractivity contribution is 6.31. The molecule has 0 aliphatic carbocycles. The van der Waals surface area contributed by atoms with Crippen LogP contribution in [0.2, 0.25) is 10.6 Å². The molecule has 1 fully saturated rings. The Balaban J connectivity index is 2.23. The summed E-state index contributed by atoms with van der Waals surface area (Å²) >= 11 is 11.3. The van der Waals surface area contributed by atoms with Gasteiger partial charge in [-0.15, -0.1) is 0 Å². The molecular formula is C7H8Cl2N4O. The van der Waals surface area contributed by atoms with Crippen LogP contribution >= 0.6 is 23.2 Å². The molecule has 2 rings (SSSR count). The van der Waals surface area contributed by atoms with E-state index in [4.69, 9.17) is 23.2 Å². The van der Waals surface area contributed by atoms with Crippen LogP contribution in [0.1, 0.15) is 6.42 Å². The maximum atomic E-state index is 9.32. The average Bonchev–Trinajstić information content (AvgIpc) is 2.50. The zero-order valence-electron chi connectivity index (χ0n) is 7.19. The van der Waals surface area contributed by atoms with Gasteiger partial charge in [-0.25, -0.2) is 0 Å². The van der Waals surface area contributed by atoms with Crippen LogP contribution in [-0.4, -0.2) is 39.3 Å². The number of rotatable bonds is 1. The SMILES string of the molecule is OC1CCN(c2nc(Cl)nc(Cl)n2)C1. The fourth-order valence-electron chi connectivity index (χ4n) is 1.38. The van der Waals surface area contributed by atoms with Crippen LogP contribution in [0.5, 0.6) is 0 Å². The van der Waals surface area contributed by atoms with E-state index in [-0.39, 0.29) is 16.7 Å². The Morgan fingerprint density at radius 2 is 1.86 bits per heavy atom. The molecule has 1 atom stereocenters. The molecule has 1 saturated heterocycles. The van der Waals surface area contributed by atoms with Gasteiger partial charge in [0, 0.05) is 13.1 Å². The van der Waals surface area contributed by atoms with E-state index in [0.717, 1.165) is 0 Å². The number of hydrogen-bond donors (Lipinski definition) is 1. The van der Waals surface area contributed by atoms with Crippen molar-refractivity contribution in [1.82, 2.24) is 15.0 Å². The number of nitrogens with zero attached hydrogens (tertiary/aromatic N) is 4. The molecule has 0 amide bonds. The Morgan fingerprint density at radius 1 is 1.21 bits per heavy atom. The normalized spacial score (nSPS) is 21.6. The van der Waals surface area contributed by atoms with Crippen LogP contribution in [0.3, 0.4) is 0 Å². The van der Waals surface area contributed by atoms with E-state index in [1.165, 1.54) is 0 Å². The van der Waals surface area contributed by atoms with Gasteiger partial charge < -0.3 is 10.0 Å². The summed E-state index contributed by atoms with van der Waals surface area (Å²) < 4.78 is 0. The van der Waals surface area contributed by atoms with Gasteiger partial charge in [0.2, 0.25) is 16.5 Å². The molecule has 0 aromatic carbocycles. The summed E-state index contributed by atoms with van der Waals surface area (Å²) in [5, 5.41) is 9.46. The molecule has 1 aromatic rings. The molecule has 1 aromatic heterocycles. The second-order valence-electron chi connectivity index (χ2n) is 3.06. The second-order valence-corrected chi connectivity index (χ2v) is 3.74. The Morgan fingerprint density at radius 3 is 2.36 bits per heavy atom. The molecule has 0 saturated carbocycles. The number of anilines is 1. The first-order chi connectivity index (χ1) is 6.65. The topological polar surface area (TPSA) is 62.1 Å². The lowest BCUT2D eigenvalue weighted by Gasteiger charge is -2.14. The molecule has 2 heterocycles. The first-order valence-electron chi connectivity index (χ1n) is 4.15. The molecule has 1 aliphatic heterocycles. The Bertz CT molecular complexity index is 328. The molecule has 1 aliphatic rings. The van der Waals surface area contributed by atoms with Gasteiger partial charge in [-0.2, -0.15) is 15.0 Å². The summed E-state index contributed by atoms with van der Waals surface area (Å²) in [4.78, 5) is 13.3. The zero-order chi connectivity index (χ0) is 10.1. The largest absolute Gasteiger partial charge is 0.391 e. The molecule has 1 N–H and O–H groups in total. The first-order valence-corrected chi connectivity index (χ1v) is 4.91. The maximum absolute atomic E-state index is 9.32. The van der Waals surface area contributed by atoms with Crippen LogP contribution in [0, 0.1) is 0 Å². The molecule has 14 heavy (non-hydrogen) atoms. The molecule has 0 radical (unpaired) electrons. The maximum Gasteiger partial charge on any atom is 0.231 e. The number of β-amino-alcohol motifs (C(OH)–C–C–N with tert-alkyl or cyclic N) is 1. The van der Waals surface area contributed by atoms with Crippen molar-refractivity contribution < 1.29 is 5.11 Å². The van der Waals surface area contributed by atoms with E-state index >= 15 is 0 Å². The average molecular weight is 235 g/mol. The van der Waals surface area contributed by atoms with Crippen molar-refractivity contribution in [2.24, 2.45) is 0 Å². The van der Waals surface area contributed by atoms with Gasteiger partial charge in [-0.1, -0.05) is 0 Å². The predicted molar refractivity (Wildman–Crippen MR) is 52.7 cm³/mol. The summed E-state index contributed by atoms with van der Waals surface area (Å²) in [7, 11) is 0. The molecule has 76 valence electrons. The monoisotopic (exact) mass is 234 g/mol. The summed E-state index contributed by atoms with van der Waals surface area (Å²) in [6, 6.07) is 0. The van der Waals surface area contributed by atoms with Crippen molar-refractivity contribution in [2.75, 3.05) is 18.0 Å². The van der Waals surface area contributed by atoms with Gasteiger partial charge in [0.05, 0.1) is 6.10 Å². The molecule has 0 spiro atoms. The highest BCUT2D eigenvalue weighted by Crippen LogP contribution is 2.18. The van der Waals surface area contributed by atoms with E-state index in [1.807, 2.05) is 4.90 Å². The van der Waals surface area contributed by atoms with Gasteiger partial charge in [0.25, 0.3) is 0 Å². The summed E-state index contributed by atoms with van der Waals surface area (Å²) in [6.45, 7) is 1.22. The van der Waals surface area contributed by atoms with Gasteiger partial charge in [-0.3, -0.25) is 0 Å². The van der Waals surface area contributed by atoms with Crippen LogP contribution in [0.25, 0.3) is 0 Å². The highest BCUT2D eigenvalue weighted by atomic mass is 35.5. The molecule has 7 heteroatoms. The fourth-order valence-corrected chi connectivity index (χ4v) is 1.74. The lowest BCUT2D eigenvalue weighted by molar-refractivity contribution is 0.198. The number of aliphatic hydroxyl groups excluding tert-OH is 1. The smallest absolute Gasteiger partial charge is 0.231 e. The summed E-state index contributed by atoms with van der Waals surface area (Å²) in [6.07, 6.45) is 0.380. The standard InChI is InChI=1S/C7H8Cl2N4O/c8-5-10-6(9)12-7(11-5)13-2-1-4(14)3-13/h4,14H,1-3H2. The predicted octanol–water partition coefficient (Wildman–Crippen LogP) is 0.749. The Kier molecular flexibility index (Phi) is 2.71. The Labute approximate surface area is 90.7 Å². The lowest BCUT2D eigenvalue weighted by Crippen LogP contribution is -2.23. The van der Waals surface area contributed by atoms with Gasteiger partial charge in [-0.05, 0) is 29.6 Å². The quantitative estimate of drug-likeness (QED) is 0.778. The lowest BCUT2D eigenvalue weighted by atomic mass is 10.3. The second kappa shape index (κ2) is 3.84.